The van der Waals surface area contributed by atoms with E-state index in [1.54, 1.807) is 0 Å². The Morgan fingerprint density at radius 1 is 1.21 bits per heavy atom. The maximum absolute atomic E-state index is 13.6. The van der Waals surface area contributed by atoms with Crippen LogP contribution in [0.25, 0.3) is 11.3 Å². The van der Waals surface area contributed by atoms with Crippen LogP contribution in [0.1, 0.15) is 26.4 Å². The summed E-state index contributed by atoms with van der Waals surface area (Å²) in [6.45, 7) is 1.36. The van der Waals surface area contributed by atoms with Crippen molar-refractivity contribution < 1.29 is 24.2 Å². The zero-order valence-electron chi connectivity index (χ0n) is 9.77. The van der Waals surface area contributed by atoms with Crippen LogP contribution in [0.4, 0.5) is 4.39 Å². The molecule has 7 heteroatoms. The summed E-state index contributed by atoms with van der Waals surface area (Å²) in [5.41, 5.74) is 0.0380. The first kappa shape index (κ1) is 12.7. The fourth-order valence-electron chi connectivity index (χ4n) is 1.63. The summed E-state index contributed by atoms with van der Waals surface area (Å²) < 4.78 is 13.6. The van der Waals surface area contributed by atoms with Gasteiger partial charge in [-0.1, -0.05) is 0 Å². The molecule has 0 bridgehead atoms. The number of rotatable bonds is 3. The standard InChI is InChI=1S/C12H9FN2O4/c1-5-7(11(16)17)2-6(3-8(5)13)9-4-10(12(18)19)15-14-9/h2-4H,1H3,(H,14,15)(H,16,17)(H,18,19). The van der Waals surface area contributed by atoms with E-state index in [1.807, 2.05) is 0 Å². The zero-order valence-corrected chi connectivity index (χ0v) is 9.77. The molecule has 0 aliphatic rings. The second kappa shape index (κ2) is 4.52. The number of aromatic amines is 1. The number of aromatic carboxylic acids is 2. The summed E-state index contributed by atoms with van der Waals surface area (Å²) >= 11 is 0. The van der Waals surface area contributed by atoms with Gasteiger partial charge in [0.1, 0.15) is 11.5 Å². The summed E-state index contributed by atoms with van der Waals surface area (Å²) in [6.07, 6.45) is 0. The Balaban J connectivity index is 2.56. The van der Waals surface area contributed by atoms with E-state index in [4.69, 9.17) is 10.2 Å². The molecule has 0 aliphatic heterocycles. The summed E-state index contributed by atoms with van der Waals surface area (Å²) in [5.74, 6) is -3.15. The molecule has 0 unspecified atom stereocenters. The van der Waals surface area contributed by atoms with Gasteiger partial charge in [-0.2, -0.15) is 5.10 Å². The van der Waals surface area contributed by atoms with Gasteiger partial charge in [0.25, 0.3) is 0 Å². The molecular formula is C12H9FN2O4. The van der Waals surface area contributed by atoms with Crippen LogP contribution in [0.5, 0.6) is 0 Å². The highest BCUT2D eigenvalue weighted by molar-refractivity contribution is 5.91. The first-order valence-corrected chi connectivity index (χ1v) is 5.22. The van der Waals surface area contributed by atoms with Gasteiger partial charge in [-0.25, -0.2) is 14.0 Å². The molecular weight excluding hydrogens is 255 g/mol. The molecule has 0 fully saturated rings. The third-order valence-corrected chi connectivity index (χ3v) is 2.68. The lowest BCUT2D eigenvalue weighted by atomic mass is 10.0. The SMILES string of the molecule is Cc1c(F)cc(-c2cc(C(=O)O)[nH]n2)cc1C(=O)O. The second-order valence-corrected chi connectivity index (χ2v) is 3.91. The Kier molecular flexibility index (Phi) is 3.04. The zero-order chi connectivity index (χ0) is 14.2. The average Bonchev–Trinajstić information content (AvgIpc) is 2.81. The maximum atomic E-state index is 13.6. The van der Waals surface area contributed by atoms with E-state index in [2.05, 4.69) is 10.2 Å². The van der Waals surface area contributed by atoms with Gasteiger partial charge < -0.3 is 10.2 Å². The Bertz CT molecular complexity index is 678. The van der Waals surface area contributed by atoms with Gasteiger partial charge in [-0.3, -0.25) is 5.10 Å². The number of nitrogens with one attached hydrogen (secondary N) is 1. The summed E-state index contributed by atoms with van der Waals surface area (Å²) in [7, 11) is 0. The van der Waals surface area contributed by atoms with Crippen LogP contribution in [-0.4, -0.2) is 32.3 Å². The molecule has 1 aromatic carbocycles. The number of carboxylic acid groups (broad SMARTS) is 2. The van der Waals surface area contributed by atoms with Crippen molar-refractivity contribution in [1.82, 2.24) is 10.2 Å². The van der Waals surface area contributed by atoms with Crippen LogP contribution >= 0.6 is 0 Å². The van der Waals surface area contributed by atoms with Crippen molar-refractivity contribution >= 4 is 11.9 Å². The third-order valence-electron chi connectivity index (χ3n) is 2.68. The van der Waals surface area contributed by atoms with E-state index in [-0.39, 0.29) is 28.1 Å². The lowest BCUT2D eigenvalue weighted by Crippen LogP contribution is -2.02. The number of hydrogen-bond donors (Lipinski definition) is 3. The minimum absolute atomic E-state index is 0.0187. The monoisotopic (exact) mass is 264 g/mol. The second-order valence-electron chi connectivity index (χ2n) is 3.91. The predicted molar refractivity (Wildman–Crippen MR) is 62.6 cm³/mol. The molecule has 0 amide bonds. The summed E-state index contributed by atoms with van der Waals surface area (Å²) in [5, 5.41) is 23.7. The van der Waals surface area contributed by atoms with Crippen LogP contribution in [0, 0.1) is 12.7 Å². The Morgan fingerprint density at radius 3 is 2.42 bits per heavy atom. The number of benzene rings is 1. The predicted octanol–water partition coefficient (Wildman–Crippen LogP) is 1.92. The van der Waals surface area contributed by atoms with Gasteiger partial charge in [0.05, 0.1) is 11.3 Å². The van der Waals surface area contributed by atoms with Crippen LogP contribution in [0.15, 0.2) is 18.2 Å². The summed E-state index contributed by atoms with van der Waals surface area (Å²) in [6, 6.07) is 3.57. The van der Waals surface area contributed by atoms with Crippen molar-refractivity contribution in [3.05, 3.63) is 40.8 Å². The van der Waals surface area contributed by atoms with Gasteiger partial charge in [-0.05, 0) is 30.7 Å². The molecule has 6 nitrogen and oxygen atoms in total. The van der Waals surface area contributed by atoms with Crippen molar-refractivity contribution in [3.63, 3.8) is 0 Å². The van der Waals surface area contributed by atoms with E-state index < -0.39 is 17.8 Å². The molecule has 3 N–H and O–H groups in total. The molecule has 0 atom stereocenters. The van der Waals surface area contributed by atoms with Crippen molar-refractivity contribution in [3.8, 4) is 11.3 Å². The van der Waals surface area contributed by atoms with Crippen molar-refractivity contribution in [2.75, 3.05) is 0 Å². The largest absolute Gasteiger partial charge is 0.478 e. The number of carbonyl (C=O) groups is 2. The van der Waals surface area contributed by atoms with Gasteiger partial charge in [0.15, 0.2) is 0 Å². The highest BCUT2D eigenvalue weighted by Gasteiger charge is 2.16. The minimum atomic E-state index is -1.26. The smallest absolute Gasteiger partial charge is 0.353 e. The van der Waals surface area contributed by atoms with E-state index in [0.717, 1.165) is 6.07 Å². The molecule has 19 heavy (non-hydrogen) atoms. The van der Waals surface area contributed by atoms with Gasteiger partial charge >= 0.3 is 11.9 Å². The van der Waals surface area contributed by atoms with Crippen LogP contribution in [0.3, 0.4) is 0 Å². The number of nitrogens with zero attached hydrogens (tertiary/aromatic N) is 1. The van der Waals surface area contributed by atoms with Crippen LogP contribution in [0.2, 0.25) is 0 Å². The lowest BCUT2D eigenvalue weighted by Gasteiger charge is -2.05. The molecule has 0 aliphatic carbocycles. The van der Waals surface area contributed by atoms with E-state index in [0.29, 0.717) is 0 Å². The molecule has 1 heterocycles. The Labute approximate surface area is 106 Å². The maximum Gasteiger partial charge on any atom is 0.353 e. The Hall–Kier alpha value is -2.70. The van der Waals surface area contributed by atoms with Gasteiger partial charge in [0, 0.05) is 5.56 Å². The number of halogens is 1. The highest BCUT2D eigenvalue weighted by Crippen LogP contribution is 2.24. The fraction of sp³-hybridized carbons (Fsp3) is 0.0833. The van der Waals surface area contributed by atoms with Crippen molar-refractivity contribution in [1.29, 1.82) is 0 Å². The average molecular weight is 264 g/mol. The molecule has 2 aromatic rings. The quantitative estimate of drug-likeness (QED) is 0.785. The minimum Gasteiger partial charge on any atom is -0.478 e. The molecule has 98 valence electrons. The first-order valence-electron chi connectivity index (χ1n) is 5.22. The summed E-state index contributed by atoms with van der Waals surface area (Å²) in [4.78, 5) is 21.7. The lowest BCUT2D eigenvalue weighted by molar-refractivity contribution is 0.0682. The van der Waals surface area contributed by atoms with E-state index >= 15 is 0 Å². The first-order chi connectivity index (χ1) is 8.90. The van der Waals surface area contributed by atoms with E-state index in [1.165, 1.54) is 19.1 Å². The number of aromatic nitrogens is 2. The molecule has 0 saturated heterocycles. The number of hydrogen-bond acceptors (Lipinski definition) is 3. The van der Waals surface area contributed by atoms with Crippen molar-refractivity contribution in [2.24, 2.45) is 0 Å². The number of carboxylic acids is 2. The highest BCUT2D eigenvalue weighted by atomic mass is 19.1. The molecule has 2 rings (SSSR count). The van der Waals surface area contributed by atoms with Crippen molar-refractivity contribution in [2.45, 2.75) is 6.92 Å². The molecule has 0 spiro atoms. The fourth-order valence-corrected chi connectivity index (χ4v) is 1.63. The number of H-pyrrole nitrogens is 1. The molecule has 1 aromatic heterocycles. The van der Waals surface area contributed by atoms with Gasteiger partial charge in [0.2, 0.25) is 0 Å². The van der Waals surface area contributed by atoms with Crippen LogP contribution < -0.4 is 0 Å². The van der Waals surface area contributed by atoms with Crippen LogP contribution in [-0.2, 0) is 0 Å². The molecule has 0 saturated carbocycles. The third kappa shape index (κ3) is 2.30. The molecule has 0 radical (unpaired) electrons. The Morgan fingerprint density at radius 2 is 1.89 bits per heavy atom. The normalized spacial score (nSPS) is 10.4. The van der Waals surface area contributed by atoms with Gasteiger partial charge in [-0.15, -0.1) is 0 Å². The topological polar surface area (TPSA) is 103 Å². The van der Waals surface area contributed by atoms with E-state index in [9.17, 15) is 14.0 Å².